The Bertz CT molecular complexity index is 4160. The molecular formula is C64H39NSe. The first-order valence-electron chi connectivity index (χ1n) is 22.8. The Kier molecular flexibility index (Phi) is 8.37. The van der Waals surface area contributed by atoms with E-state index in [0.717, 1.165) is 0 Å². The van der Waals surface area contributed by atoms with Crippen LogP contribution in [0.5, 0.6) is 0 Å². The molecule has 0 N–H and O–H groups in total. The molecule has 1 nitrogen and oxygen atoms in total. The number of aromatic nitrogens is 1. The molecule has 0 aliphatic rings. The predicted octanol–water partition coefficient (Wildman–Crippen LogP) is 17.4. The Morgan fingerprint density at radius 1 is 0.258 bits per heavy atom. The minimum atomic E-state index is 0.135. The maximum atomic E-state index is 2.50. The van der Waals surface area contributed by atoms with E-state index in [9.17, 15) is 0 Å². The van der Waals surface area contributed by atoms with Crippen molar-refractivity contribution < 1.29 is 0 Å². The van der Waals surface area contributed by atoms with Gasteiger partial charge in [-0.15, -0.1) is 0 Å². The number of hydrogen-bond acceptors (Lipinski definition) is 0. The Morgan fingerprint density at radius 3 is 1.26 bits per heavy atom. The van der Waals surface area contributed by atoms with Gasteiger partial charge in [0, 0.05) is 5.69 Å². The quantitative estimate of drug-likeness (QED) is 0.120. The van der Waals surface area contributed by atoms with Crippen LogP contribution in [0.3, 0.4) is 0 Å². The first kappa shape index (κ1) is 37.4. The molecule has 0 unspecified atom stereocenters. The fourth-order valence-electron chi connectivity index (χ4n) is 11.2. The summed E-state index contributed by atoms with van der Waals surface area (Å²) in [6.45, 7) is 0. The maximum absolute atomic E-state index is 2.50. The number of para-hydroxylation sites is 2. The van der Waals surface area contributed by atoms with Crippen LogP contribution < -0.4 is 0 Å². The van der Waals surface area contributed by atoms with Gasteiger partial charge in [0.1, 0.15) is 0 Å². The normalized spacial score (nSPS) is 11.9. The van der Waals surface area contributed by atoms with Gasteiger partial charge in [-0.05, 0) is 18.2 Å². The van der Waals surface area contributed by atoms with Crippen LogP contribution in [0.1, 0.15) is 0 Å². The predicted molar refractivity (Wildman–Crippen MR) is 285 cm³/mol. The van der Waals surface area contributed by atoms with Crippen molar-refractivity contribution in [3.63, 3.8) is 0 Å². The minimum absolute atomic E-state index is 0.135. The van der Waals surface area contributed by atoms with Crippen LogP contribution in [0.25, 0.3) is 134 Å². The summed E-state index contributed by atoms with van der Waals surface area (Å²) in [5.74, 6) is 0. The number of hydrogen-bond donors (Lipinski definition) is 0. The van der Waals surface area contributed by atoms with Crippen LogP contribution in [-0.2, 0) is 0 Å². The second-order valence-electron chi connectivity index (χ2n) is 17.5. The average molecular weight is 901 g/mol. The molecule has 14 aromatic rings. The molecule has 12 aromatic carbocycles. The third-order valence-corrected chi connectivity index (χ3v) is 16.5. The van der Waals surface area contributed by atoms with E-state index in [2.05, 4.69) is 241 Å². The van der Waals surface area contributed by atoms with Crippen molar-refractivity contribution >= 4 is 98.7 Å². The molecular weight excluding hydrogens is 862 g/mol. The van der Waals surface area contributed by atoms with Crippen molar-refractivity contribution in [2.45, 2.75) is 0 Å². The molecule has 306 valence electrons. The second kappa shape index (κ2) is 14.8. The molecule has 0 saturated heterocycles. The summed E-state index contributed by atoms with van der Waals surface area (Å²) in [6.07, 6.45) is 0. The van der Waals surface area contributed by atoms with Crippen LogP contribution in [0, 0.1) is 0 Å². The Labute approximate surface area is 387 Å². The third-order valence-electron chi connectivity index (χ3n) is 14.0. The van der Waals surface area contributed by atoms with E-state index < -0.39 is 0 Å². The third kappa shape index (κ3) is 5.53. The van der Waals surface area contributed by atoms with Crippen molar-refractivity contribution in [3.05, 3.63) is 237 Å². The van der Waals surface area contributed by atoms with Crippen molar-refractivity contribution in [1.29, 1.82) is 0 Å². The molecule has 0 bridgehead atoms. The van der Waals surface area contributed by atoms with Crippen LogP contribution in [0.15, 0.2) is 237 Å². The molecule has 0 fully saturated rings. The molecule has 0 radical (unpaired) electrons. The number of rotatable bonds is 5. The topological polar surface area (TPSA) is 4.93 Å². The second-order valence-corrected chi connectivity index (χ2v) is 19.7. The van der Waals surface area contributed by atoms with Gasteiger partial charge in [0.25, 0.3) is 0 Å². The number of fused-ring (bicyclic) bond motifs is 10. The van der Waals surface area contributed by atoms with Crippen molar-refractivity contribution in [2.75, 3.05) is 0 Å². The monoisotopic (exact) mass is 901 g/mol. The van der Waals surface area contributed by atoms with E-state index in [1.54, 1.807) is 0 Å². The summed E-state index contributed by atoms with van der Waals surface area (Å²) in [7, 11) is 0. The molecule has 14 rings (SSSR count). The molecule has 0 saturated carbocycles. The Balaban J connectivity index is 0.979. The molecule has 2 heterocycles. The number of benzene rings is 12. The van der Waals surface area contributed by atoms with E-state index in [1.807, 2.05) is 0 Å². The SMILES string of the molecule is c1ccc(-c2c3ccccc3c(-c3cccc4c3[se]c3ccc(-c5c6ccccc6c(-c6ccc7c(c6)c6ccccc6n7-c6ccccc6)c6ccccc56)cc34)c3ccccc23)cc1. The summed E-state index contributed by atoms with van der Waals surface area (Å²) in [4.78, 5) is 0. The van der Waals surface area contributed by atoms with Crippen LogP contribution in [-0.4, -0.2) is 19.1 Å². The summed E-state index contributed by atoms with van der Waals surface area (Å²) < 4.78 is 5.31. The van der Waals surface area contributed by atoms with Crippen molar-refractivity contribution in [3.8, 4) is 50.2 Å². The van der Waals surface area contributed by atoms with Crippen molar-refractivity contribution in [2.24, 2.45) is 0 Å². The van der Waals surface area contributed by atoms with Crippen LogP contribution in [0.2, 0.25) is 0 Å². The zero-order chi connectivity index (χ0) is 43.3. The van der Waals surface area contributed by atoms with Gasteiger partial charge in [0.2, 0.25) is 0 Å². The van der Waals surface area contributed by atoms with Gasteiger partial charge in [-0.2, -0.15) is 0 Å². The molecule has 0 atom stereocenters. The van der Waals surface area contributed by atoms with Crippen LogP contribution >= 0.6 is 0 Å². The van der Waals surface area contributed by atoms with E-state index in [-0.39, 0.29) is 14.5 Å². The van der Waals surface area contributed by atoms with Gasteiger partial charge in [-0.25, -0.2) is 0 Å². The summed E-state index contributed by atoms with van der Waals surface area (Å²) >= 11 is 0.135. The molecule has 66 heavy (non-hydrogen) atoms. The zero-order valence-corrected chi connectivity index (χ0v) is 37.6. The summed E-state index contributed by atoms with van der Waals surface area (Å²) in [6, 6.07) is 88.1. The molecule has 2 aromatic heterocycles. The van der Waals surface area contributed by atoms with E-state index in [4.69, 9.17) is 0 Å². The molecule has 0 aliphatic carbocycles. The Hall–Kier alpha value is -8.00. The van der Waals surface area contributed by atoms with Crippen LogP contribution in [0.4, 0.5) is 0 Å². The van der Waals surface area contributed by atoms with Gasteiger partial charge >= 0.3 is 320 Å². The zero-order valence-electron chi connectivity index (χ0n) is 35.9. The van der Waals surface area contributed by atoms with Gasteiger partial charge < -0.3 is 4.57 Å². The molecule has 0 amide bonds. The molecule has 2 heteroatoms. The fourth-order valence-corrected chi connectivity index (χ4v) is 13.7. The number of nitrogens with zero attached hydrogens (tertiary/aromatic N) is 1. The summed E-state index contributed by atoms with van der Waals surface area (Å²) in [5.41, 5.74) is 13.9. The van der Waals surface area contributed by atoms with Crippen molar-refractivity contribution in [1.82, 2.24) is 4.57 Å². The summed E-state index contributed by atoms with van der Waals surface area (Å²) in [5, 5.41) is 15.5. The average Bonchev–Trinajstić information content (AvgIpc) is 3.93. The molecule has 0 spiro atoms. The van der Waals surface area contributed by atoms with Gasteiger partial charge in [0.05, 0.1) is 5.52 Å². The van der Waals surface area contributed by atoms with E-state index in [1.165, 1.54) is 134 Å². The first-order chi connectivity index (χ1) is 32.8. The standard InChI is InChI=1S/C64H39NSe/c1-3-18-40(19-4-1)60-49-27-11-13-29-51(49)63(52-30-14-12-28-50(52)60)54-32-17-31-53-56-39-42(35-37-59(56)66-64(53)54)62-47-25-9-7-23-45(47)61(46-24-8-10-26-48(46)62)41-34-36-58-55(38-41)44-22-15-16-33-57(44)65(58)43-20-5-2-6-21-43/h1-39H. The first-order valence-corrected chi connectivity index (χ1v) is 24.5. The Morgan fingerprint density at radius 2 is 0.682 bits per heavy atom. The van der Waals surface area contributed by atoms with Gasteiger partial charge in [0.15, 0.2) is 0 Å². The van der Waals surface area contributed by atoms with E-state index in [0.29, 0.717) is 0 Å². The fraction of sp³-hybridized carbons (Fsp3) is 0. The molecule has 0 aliphatic heterocycles. The van der Waals surface area contributed by atoms with Gasteiger partial charge in [-0.3, -0.25) is 0 Å². The van der Waals surface area contributed by atoms with Gasteiger partial charge in [-0.1, -0.05) is 36.4 Å². The van der Waals surface area contributed by atoms with E-state index >= 15 is 0 Å².